The van der Waals surface area contributed by atoms with Crippen LogP contribution in [0.15, 0.2) is 11.4 Å². The summed E-state index contributed by atoms with van der Waals surface area (Å²) in [5, 5.41) is 2.26. The van der Waals surface area contributed by atoms with Gasteiger partial charge in [-0.15, -0.1) is 0 Å². The fraction of sp³-hybridized carbons (Fsp3) is 0.611. The molecular weight excluding hydrogens is 380 g/mol. The number of hydrogen-bond donors (Lipinski definition) is 3. The minimum atomic E-state index is -0.957. The summed E-state index contributed by atoms with van der Waals surface area (Å²) in [6.45, 7) is 5.68. The monoisotopic (exact) mass is 408 g/mol. The van der Waals surface area contributed by atoms with Gasteiger partial charge in [-0.1, -0.05) is 13.3 Å². The van der Waals surface area contributed by atoms with Crippen LogP contribution < -0.4 is 16.8 Å². The predicted octanol–water partition coefficient (Wildman–Crippen LogP) is -0.183. The highest BCUT2D eigenvalue weighted by atomic mass is 16.2. The van der Waals surface area contributed by atoms with Gasteiger partial charge >= 0.3 is 12.1 Å². The van der Waals surface area contributed by atoms with E-state index in [0.29, 0.717) is 19.3 Å². The predicted molar refractivity (Wildman–Crippen MR) is 103 cm³/mol. The third kappa shape index (κ3) is 4.17. The number of nitrogens with zero attached hydrogens (tertiary/aromatic N) is 3. The van der Waals surface area contributed by atoms with E-state index in [2.05, 4.69) is 5.32 Å². The van der Waals surface area contributed by atoms with Gasteiger partial charge in [0.15, 0.2) is 0 Å². The molecule has 0 unspecified atom stereocenters. The quantitative estimate of drug-likeness (QED) is 0.217. The molecule has 0 atom stereocenters. The lowest BCUT2D eigenvalue weighted by Gasteiger charge is -2.34. The van der Waals surface area contributed by atoms with Gasteiger partial charge in [-0.2, -0.15) is 0 Å². The summed E-state index contributed by atoms with van der Waals surface area (Å²) in [6.07, 6.45) is 2.17. The molecular formula is C18H28N6O5. The average molecular weight is 408 g/mol. The van der Waals surface area contributed by atoms with Crippen molar-refractivity contribution in [2.45, 2.75) is 52.0 Å². The number of nitrogens with two attached hydrogens (primary N) is 2. The zero-order chi connectivity index (χ0) is 21.9. The fourth-order valence-corrected chi connectivity index (χ4v) is 3.25. The van der Waals surface area contributed by atoms with Crippen molar-refractivity contribution in [2.24, 2.45) is 11.5 Å². The highest BCUT2D eigenvalue weighted by Gasteiger charge is 2.45. The molecule has 2 aliphatic rings. The van der Waals surface area contributed by atoms with Gasteiger partial charge in [-0.3, -0.25) is 29.5 Å². The Morgan fingerprint density at radius 2 is 1.41 bits per heavy atom. The maximum atomic E-state index is 12.7. The van der Waals surface area contributed by atoms with Crippen LogP contribution in [-0.2, 0) is 14.4 Å². The number of urea groups is 2. The van der Waals surface area contributed by atoms with Crippen LogP contribution in [0.1, 0.15) is 46.5 Å². The first-order chi connectivity index (χ1) is 13.5. The van der Waals surface area contributed by atoms with Crippen molar-refractivity contribution in [3.05, 3.63) is 11.4 Å². The smallest absolute Gasteiger partial charge is 0.333 e. The number of amides is 7. The first-order valence-electron chi connectivity index (χ1n) is 9.60. The first-order valence-corrected chi connectivity index (χ1v) is 9.60. The molecule has 0 aromatic rings. The molecule has 2 saturated heterocycles. The molecule has 7 amide bonds. The number of carbonyl (C=O) groups is 5. The topological polar surface area (TPSA) is 159 Å². The van der Waals surface area contributed by atoms with E-state index in [0.717, 1.165) is 16.2 Å². The largest absolute Gasteiger partial charge is 0.385 e. The number of carbonyl (C=O) groups excluding carboxylic acids is 5. The van der Waals surface area contributed by atoms with Crippen molar-refractivity contribution in [3.63, 3.8) is 0 Å². The molecule has 2 rings (SSSR count). The van der Waals surface area contributed by atoms with Crippen molar-refractivity contribution >= 4 is 29.8 Å². The standard InChI is InChI=1S/C18H28N6O5/c1-4-5-8-22-13(25)11(12(19)20)14(26)23(17(22)29)9-6-7-10-24-16(28)21-15(27)18(24,2)3/h4-10,19-20H2,1-3H3,(H,21,27,28). The van der Waals surface area contributed by atoms with E-state index in [1.807, 2.05) is 6.92 Å². The van der Waals surface area contributed by atoms with E-state index in [-0.39, 0.29) is 25.5 Å². The summed E-state index contributed by atoms with van der Waals surface area (Å²) in [5.74, 6) is -2.39. The van der Waals surface area contributed by atoms with Gasteiger partial charge < -0.3 is 16.4 Å². The van der Waals surface area contributed by atoms with Gasteiger partial charge in [0.05, 0.1) is 0 Å². The second-order valence-electron chi connectivity index (χ2n) is 7.56. The molecule has 29 heavy (non-hydrogen) atoms. The normalized spacial score (nSPS) is 19.3. The molecule has 0 spiro atoms. The highest BCUT2D eigenvalue weighted by Crippen LogP contribution is 2.22. The number of imide groups is 3. The Kier molecular flexibility index (Phi) is 6.50. The number of hydrogen-bond acceptors (Lipinski definition) is 7. The lowest BCUT2D eigenvalue weighted by molar-refractivity contribution is -0.136. The molecule has 0 aromatic carbocycles. The number of barbiturate groups is 1. The van der Waals surface area contributed by atoms with Crippen LogP contribution in [0.25, 0.3) is 0 Å². The third-order valence-corrected chi connectivity index (χ3v) is 5.11. The van der Waals surface area contributed by atoms with Crippen LogP contribution >= 0.6 is 0 Å². The van der Waals surface area contributed by atoms with Gasteiger partial charge in [0, 0.05) is 19.6 Å². The average Bonchev–Trinajstić information content (AvgIpc) is 2.81. The second kappa shape index (κ2) is 8.50. The van der Waals surface area contributed by atoms with Crippen molar-refractivity contribution in [1.29, 1.82) is 0 Å². The summed E-state index contributed by atoms with van der Waals surface area (Å²) in [6, 6.07) is -1.17. The van der Waals surface area contributed by atoms with Crippen molar-refractivity contribution in [2.75, 3.05) is 19.6 Å². The minimum absolute atomic E-state index is 0.0359. The maximum Gasteiger partial charge on any atom is 0.333 e. The van der Waals surface area contributed by atoms with Gasteiger partial charge in [-0.05, 0) is 33.1 Å². The van der Waals surface area contributed by atoms with Crippen molar-refractivity contribution < 1.29 is 24.0 Å². The van der Waals surface area contributed by atoms with E-state index in [1.54, 1.807) is 13.8 Å². The summed E-state index contributed by atoms with van der Waals surface area (Å²) in [5.41, 5.74) is 9.67. The Labute approximate surface area is 169 Å². The van der Waals surface area contributed by atoms with E-state index in [9.17, 15) is 24.0 Å². The molecule has 2 aliphatic heterocycles. The summed E-state index contributed by atoms with van der Waals surface area (Å²) in [7, 11) is 0. The van der Waals surface area contributed by atoms with E-state index < -0.39 is 40.8 Å². The van der Waals surface area contributed by atoms with E-state index in [1.165, 1.54) is 4.90 Å². The first kappa shape index (κ1) is 22.2. The minimum Gasteiger partial charge on any atom is -0.385 e. The number of unbranched alkanes of at least 4 members (excludes halogenated alkanes) is 2. The number of nitrogens with one attached hydrogen (secondary N) is 1. The number of rotatable bonds is 8. The molecule has 0 aliphatic carbocycles. The molecule has 0 radical (unpaired) electrons. The van der Waals surface area contributed by atoms with Gasteiger partial charge in [-0.25, -0.2) is 9.59 Å². The lowest BCUT2D eigenvalue weighted by Crippen LogP contribution is -2.57. The molecule has 2 fully saturated rings. The molecule has 11 heteroatoms. The van der Waals surface area contributed by atoms with Gasteiger partial charge in [0.25, 0.3) is 17.7 Å². The zero-order valence-corrected chi connectivity index (χ0v) is 17.0. The Balaban J connectivity index is 2.04. The molecule has 0 saturated carbocycles. The summed E-state index contributed by atoms with van der Waals surface area (Å²) < 4.78 is 0. The van der Waals surface area contributed by atoms with Gasteiger partial charge in [0.2, 0.25) is 0 Å². The molecule has 0 aromatic heterocycles. The van der Waals surface area contributed by atoms with Gasteiger partial charge in [0.1, 0.15) is 16.9 Å². The SMILES string of the molecule is CCCCN1C(=O)C(=C(N)N)C(=O)N(CCCCN2C(=O)NC(=O)C2(C)C)C1=O. The molecule has 160 valence electrons. The van der Waals surface area contributed by atoms with Crippen molar-refractivity contribution in [3.8, 4) is 0 Å². The Bertz CT molecular complexity index is 771. The zero-order valence-electron chi connectivity index (χ0n) is 17.0. The van der Waals surface area contributed by atoms with Crippen LogP contribution in [0, 0.1) is 0 Å². The Morgan fingerprint density at radius 1 is 0.897 bits per heavy atom. The van der Waals surface area contributed by atoms with Crippen LogP contribution in [0.5, 0.6) is 0 Å². The summed E-state index contributed by atoms with van der Waals surface area (Å²) >= 11 is 0. The van der Waals surface area contributed by atoms with E-state index >= 15 is 0 Å². The summed E-state index contributed by atoms with van der Waals surface area (Å²) in [4.78, 5) is 64.7. The fourth-order valence-electron chi connectivity index (χ4n) is 3.25. The van der Waals surface area contributed by atoms with Crippen LogP contribution in [-0.4, -0.2) is 69.7 Å². The lowest BCUT2D eigenvalue weighted by atomic mass is 10.0. The Hall–Kier alpha value is -3.11. The second-order valence-corrected chi connectivity index (χ2v) is 7.56. The van der Waals surface area contributed by atoms with E-state index in [4.69, 9.17) is 11.5 Å². The molecule has 2 heterocycles. The Morgan fingerprint density at radius 3 is 1.86 bits per heavy atom. The maximum absolute atomic E-state index is 12.7. The third-order valence-electron chi connectivity index (χ3n) is 5.11. The molecule has 0 bridgehead atoms. The van der Waals surface area contributed by atoms with Crippen LogP contribution in [0.3, 0.4) is 0 Å². The highest BCUT2D eigenvalue weighted by molar-refractivity contribution is 6.29. The molecule has 5 N–H and O–H groups in total. The van der Waals surface area contributed by atoms with Crippen molar-refractivity contribution in [1.82, 2.24) is 20.0 Å². The van der Waals surface area contributed by atoms with Crippen LogP contribution in [0.2, 0.25) is 0 Å². The molecule has 11 nitrogen and oxygen atoms in total. The van der Waals surface area contributed by atoms with Crippen LogP contribution in [0.4, 0.5) is 9.59 Å².